The zero-order valence-corrected chi connectivity index (χ0v) is 11.1. The third kappa shape index (κ3) is 1.68. The van der Waals surface area contributed by atoms with Crippen molar-refractivity contribution in [3.8, 4) is 0 Å². The van der Waals surface area contributed by atoms with Crippen molar-refractivity contribution in [2.45, 2.75) is 25.7 Å². The number of hydrazine groups is 2. The van der Waals surface area contributed by atoms with Crippen molar-refractivity contribution in [2.75, 3.05) is 0 Å². The molecule has 3 heterocycles. The van der Waals surface area contributed by atoms with E-state index in [4.69, 9.17) is 0 Å². The maximum atomic E-state index is 10.9. The van der Waals surface area contributed by atoms with Crippen LogP contribution in [0.2, 0.25) is 0 Å². The van der Waals surface area contributed by atoms with Gasteiger partial charge in [0.05, 0.1) is 11.4 Å². The highest BCUT2D eigenvalue weighted by atomic mass is 16.1. The molecule has 20 heavy (non-hydrogen) atoms. The fraction of sp³-hybridized carbons (Fsp3) is 0.429. The lowest BCUT2D eigenvalue weighted by Gasteiger charge is -2.26. The van der Waals surface area contributed by atoms with Gasteiger partial charge in [0.15, 0.2) is 0 Å². The summed E-state index contributed by atoms with van der Waals surface area (Å²) in [4.78, 5) is 18.4. The van der Waals surface area contributed by atoms with Crippen LogP contribution in [0.5, 0.6) is 0 Å². The monoisotopic (exact) mass is 271 g/mol. The largest absolute Gasteiger partial charge is 0.346 e. The van der Waals surface area contributed by atoms with Gasteiger partial charge in [-0.3, -0.25) is 0 Å². The van der Waals surface area contributed by atoms with Crippen molar-refractivity contribution < 1.29 is 4.79 Å². The Morgan fingerprint density at radius 1 is 1.30 bits per heavy atom. The lowest BCUT2D eigenvalue weighted by atomic mass is 9.80. The highest BCUT2D eigenvalue weighted by Gasteiger charge is 2.33. The molecular formula is C14H17N5O. The second kappa shape index (κ2) is 4.49. The van der Waals surface area contributed by atoms with E-state index >= 15 is 0 Å². The van der Waals surface area contributed by atoms with Crippen LogP contribution in [0.25, 0.3) is 5.70 Å². The van der Waals surface area contributed by atoms with E-state index < -0.39 is 0 Å². The van der Waals surface area contributed by atoms with Gasteiger partial charge in [0.25, 0.3) is 0 Å². The van der Waals surface area contributed by atoms with Crippen LogP contribution in [0.15, 0.2) is 23.0 Å². The minimum absolute atomic E-state index is 0.248. The van der Waals surface area contributed by atoms with Gasteiger partial charge < -0.3 is 15.2 Å². The second-order valence-electron chi connectivity index (χ2n) is 5.60. The Hall–Kier alpha value is -2.08. The number of aldehydes is 1. The summed E-state index contributed by atoms with van der Waals surface area (Å²) < 4.78 is 0. The Labute approximate surface area is 116 Å². The quantitative estimate of drug-likeness (QED) is 0.716. The predicted octanol–water partition coefficient (Wildman–Crippen LogP) is 1.69. The van der Waals surface area contributed by atoms with Crippen LogP contribution >= 0.6 is 0 Å². The molecule has 6 heteroatoms. The Morgan fingerprint density at radius 3 is 2.95 bits per heavy atom. The zero-order chi connectivity index (χ0) is 13.5. The van der Waals surface area contributed by atoms with Crippen LogP contribution in [0, 0.1) is 11.8 Å². The fourth-order valence-corrected chi connectivity index (χ4v) is 3.34. The topological polar surface area (TPSA) is 72.5 Å². The molecule has 1 aliphatic carbocycles. The highest BCUT2D eigenvalue weighted by molar-refractivity contribution is 5.87. The van der Waals surface area contributed by atoms with Crippen molar-refractivity contribution in [3.05, 3.63) is 23.5 Å². The molecule has 0 bridgehead atoms. The van der Waals surface area contributed by atoms with Crippen LogP contribution in [0.4, 0.5) is 5.82 Å². The van der Waals surface area contributed by atoms with Crippen LogP contribution < -0.4 is 11.0 Å². The van der Waals surface area contributed by atoms with Gasteiger partial charge in [0.2, 0.25) is 0 Å². The van der Waals surface area contributed by atoms with E-state index in [1.807, 2.05) is 11.2 Å². The van der Waals surface area contributed by atoms with E-state index in [2.05, 4.69) is 27.0 Å². The molecule has 2 aliphatic heterocycles. The molecule has 0 radical (unpaired) electrons. The number of hydrogen-bond acceptors (Lipinski definition) is 5. The molecule has 4 rings (SSSR count). The summed E-state index contributed by atoms with van der Waals surface area (Å²) in [5, 5.41) is 1.93. The maximum absolute atomic E-state index is 10.9. The average molecular weight is 271 g/mol. The fourth-order valence-electron chi connectivity index (χ4n) is 3.34. The molecule has 1 fully saturated rings. The first-order chi connectivity index (χ1) is 9.86. The van der Waals surface area contributed by atoms with E-state index in [0.29, 0.717) is 5.92 Å². The number of allylic oxidation sites excluding steroid dienone is 1. The van der Waals surface area contributed by atoms with Gasteiger partial charge in [-0.2, -0.15) is 0 Å². The van der Waals surface area contributed by atoms with E-state index in [1.165, 1.54) is 5.70 Å². The van der Waals surface area contributed by atoms with Gasteiger partial charge in [0, 0.05) is 23.6 Å². The van der Waals surface area contributed by atoms with Crippen LogP contribution in [0.3, 0.4) is 0 Å². The normalized spacial score (nSPS) is 28.1. The van der Waals surface area contributed by atoms with Gasteiger partial charge in [-0.1, -0.05) is 0 Å². The van der Waals surface area contributed by atoms with Crippen molar-refractivity contribution in [3.63, 3.8) is 0 Å². The van der Waals surface area contributed by atoms with Crippen LogP contribution in [-0.2, 0) is 4.79 Å². The standard InChI is InChI=1S/C14H17N5O/c20-7-9-1-3-10(4-2-9)12-13-11-5-6-15-14(11)16-8-19(13)18-17-12/h5-10,15,17-18H,1-4H2/t9-,10-. The van der Waals surface area contributed by atoms with Crippen LogP contribution in [-0.4, -0.2) is 22.6 Å². The molecule has 0 saturated heterocycles. The Balaban J connectivity index is 1.67. The molecule has 1 aromatic rings. The van der Waals surface area contributed by atoms with E-state index in [-0.39, 0.29) is 5.92 Å². The highest BCUT2D eigenvalue weighted by Crippen LogP contribution is 2.40. The Kier molecular flexibility index (Phi) is 2.63. The summed E-state index contributed by atoms with van der Waals surface area (Å²) in [5.74, 6) is 1.63. The van der Waals surface area contributed by atoms with Crippen LogP contribution in [0.1, 0.15) is 31.2 Å². The molecule has 0 atom stereocenters. The minimum Gasteiger partial charge on any atom is -0.346 e. The first-order valence-electron chi connectivity index (χ1n) is 7.09. The van der Waals surface area contributed by atoms with Crippen molar-refractivity contribution >= 4 is 24.1 Å². The number of aromatic nitrogens is 1. The Morgan fingerprint density at radius 2 is 2.15 bits per heavy atom. The number of fused-ring (bicyclic) bond motifs is 3. The number of rotatable bonds is 2. The molecule has 6 nitrogen and oxygen atoms in total. The van der Waals surface area contributed by atoms with Gasteiger partial charge in [-0.15, -0.1) is 5.53 Å². The molecule has 1 aromatic heterocycles. The van der Waals surface area contributed by atoms with Gasteiger partial charge >= 0.3 is 0 Å². The first kappa shape index (κ1) is 11.7. The third-order valence-electron chi connectivity index (χ3n) is 4.46. The van der Waals surface area contributed by atoms with E-state index in [9.17, 15) is 4.79 Å². The molecule has 0 amide bonds. The van der Waals surface area contributed by atoms with Crippen molar-refractivity contribution in [1.29, 1.82) is 0 Å². The number of H-pyrrole nitrogens is 1. The van der Waals surface area contributed by atoms with Crippen molar-refractivity contribution in [2.24, 2.45) is 16.8 Å². The molecule has 1 saturated carbocycles. The van der Waals surface area contributed by atoms with Crippen molar-refractivity contribution in [1.82, 2.24) is 21.0 Å². The van der Waals surface area contributed by atoms with E-state index in [1.54, 1.807) is 6.34 Å². The number of hydrogen-bond donors (Lipinski definition) is 3. The minimum atomic E-state index is 0.248. The maximum Gasteiger partial charge on any atom is 0.141 e. The molecular weight excluding hydrogens is 254 g/mol. The Bertz CT molecular complexity index is 594. The third-order valence-corrected chi connectivity index (χ3v) is 4.46. The summed E-state index contributed by atoms with van der Waals surface area (Å²) in [6.45, 7) is 0. The number of aliphatic imine (C=N–C) groups is 1. The molecule has 104 valence electrons. The second-order valence-corrected chi connectivity index (χ2v) is 5.60. The molecule has 0 unspecified atom stereocenters. The lowest BCUT2D eigenvalue weighted by molar-refractivity contribution is -0.112. The van der Waals surface area contributed by atoms with E-state index in [0.717, 1.165) is 49.0 Å². The predicted molar refractivity (Wildman–Crippen MR) is 75.5 cm³/mol. The average Bonchev–Trinajstić information content (AvgIpc) is 3.13. The number of nitrogens with one attached hydrogen (secondary N) is 3. The molecule has 0 aromatic carbocycles. The number of carbonyl (C=O) groups excluding carboxylic acids is 1. The van der Waals surface area contributed by atoms with Gasteiger partial charge in [-0.05, 0) is 31.7 Å². The number of carbonyl (C=O) groups is 1. The zero-order valence-electron chi connectivity index (χ0n) is 11.1. The van der Waals surface area contributed by atoms with Gasteiger partial charge in [-0.25, -0.2) is 10.0 Å². The molecule has 3 aliphatic rings. The first-order valence-corrected chi connectivity index (χ1v) is 7.09. The number of aromatic amines is 1. The summed E-state index contributed by atoms with van der Waals surface area (Å²) in [6, 6.07) is 2.06. The lowest BCUT2D eigenvalue weighted by Crippen LogP contribution is -2.38. The number of nitrogens with zero attached hydrogens (tertiary/aromatic N) is 2. The van der Waals surface area contributed by atoms with Gasteiger partial charge in [0.1, 0.15) is 18.4 Å². The smallest absolute Gasteiger partial charge is 0.141 e. The summed E-state index contributed by atoms with van der Waals surface area (Å²) in [5.41, 5.74) is 9.94. The SMILES string of the molecule is O=C[C@H]1CC[C@H](C2=C3c4cc[nH]c4N=CN3NN2)CC1. The summed E-state index contributed by atoms with van der Waals surface area (Å²) >= 11 is 0. The molecule has 0 spiro atoms. The summed E-state index contributed by atoms with van der Waals surface area (Å²) in [6.07, 6.45) is 8.89. The summed E-state index contributed by atoms with van der Waals surface area (Å²) in [7, 11) is 0. The molecule has 3 N–H and O–H groups in total.